The number of guanidine groups is 1. The summed E-state index contributed by atoms with van der Waals surface area (Å²) in [6.07, 6.45) is 3.49. The van der Waals surface area contributed by atoms with Crippen LogP contribution in [0, 0.1) is 0 Å². The molecule has 0 amide bonds. The predicted molar refractivity (Wildman–Crippen MR) is 94.9 cm³/mol. The molecule has 2 heterocycles. The van der Waals surface area contributed by atoms with Gasteiger partial charge in [0.2, 0.25) is 0 Å². The number of thiophene rings is 1. The van der Waals surface area contributed by atoms with Crippen molar-refractivity contribution in [1.82, 2.24) is 10.6 Å². The van der Waals surface area contributed by atoms with Crippen molar-refractivity contribution in [3.05, 3.63) is 46.5 Å². The van der Waals surface area contributed by atoms with Crippen LogP contribution in [0.4, 0.5) is 0 Å². The summed E-state index contributed by atoms with van der Waals surface area (Å²) in [7, 11) is 0. The molecule has 1 unspecified atom stereocenters. The lowest BCUT2D eigenvalue weighted by atomic mass is 10.1. The molecule has 5 nitrogen and oxygen atoms in total. The Balaban J connectivity index is 1.90. The van der Waals surface area contributed by atoms with Crippen molar-refractivity contribution in [1.29, 1.82) is 0 Å². The van der Waals surface area contributed by atoms with Crippen molar-refractivity contribution < 1.29 is 9.52 Å². The van der Waals surface area contributed by atoms with Gasteiger partial charge >= 0.3 is 0 Å². The summed E-state index contributed by atoms with van der Waals surface area (Å²) >= 11 is 1.54. The van der Waals surface area contributed by atoms with E-state index in [2.05, 4.69) is 22.5 Å². The number of aliphatic imine (C=N–C) groups is 1. The minimum absolute atomic E-state index is 0.313. The zero-order valence-corrected chi connectivity index (χ0v) is 14.5. The third kappa shape index (κ3) is 5.73. The van der Waals surface area contributed by atoms with Gasteiger partial charge in [0.25, 0.3) is 0 Å². The zero-order valence-electron chi connectivity index (χ0n) is 13.7. The molecule has 23 heavy (non-hydrogen) atoms. The number of nitrogens with one attached hydrogen (secondary N) is 2. The van der Waals surface area contributed by atoms with Crippen LogP contribution in [0.5, 0.6) is 0 Å². The van der Waals surface area contributed by atoms with Crippen molar-refractivity contribution in [2.24, 2.45) is 4.99 Å². The number of furan rings is 1. The highest BCUT2D eigenvalue weighted by Crippen LogP contribution is 2.25. The standard InChI is InChI=1S/C17H25N3O2S/c1-3-9-18-16(19-10-8-14-6-4-11-22-14)20-13-17(2,21)15-7-5-12-23-15/h4-7,11-12,21H,3,8-10,13H2,1-2H3,(H2,18,19,20). The average molecular weight is 335 g/mol. The minimum Gasteiger partial charge on any atom is -0.469 e. The molecule has 1 atom stereocenters. The molecule has 0 saturated carbocycles. The SMILES string of the molecule is CCCNC(=NCC(C)(O)c1cccs1)NCCc1ccco1. The van der Waals surface area contributed by atoms with Crippen LogP contribution in [0.2, 0.25) is 0 Å². The Morgan fingerprint density at radius 3 is 2.78 bits per heavy atom. The Hall–Kier alpha value is -1.79. The number of hydrogen-bond acceptors (Lipinski definition) is 4. The second-order valence-electron chi connectivity index (χ2n) is 5.60. The Kier molecular flexibility index (Phi) is 6.67. The summed E-state index contributed by atoms with van der Waals surface area (Å²) in [5.74, 6) is 1.66. The normalized spacial score (nSPS) is 14.5. The number of hydrogen-bond donors (Lipinski definition) is 3. The molecule has 2 aromatic heterocycles. The van der Waals surface area contributed by atoms with Crippen LogP contribution in [-0.4, -0.2) is 30.7 Å². The van der Waals surface area contributed by atoms with Gasteiger partial charge in [0.15, 0.2) is 5.96 Å². The summed E-state index contributed by atoms with van der Waals surface area (Å²) in [5.41, 5.74) is -0.948. The summed E-state index contributed by atoms with van der Waals surface area (Å²) < 4.78 is 5.32. The fourth-order valence-corrected chi connectivity index (χ4v) is 2.85. The van der Waals surface area contributed by atoms with E-state index >= 15 is 0 Å². The summed E-state index contributed by atoms with van der Waals surface area (Å²) in [6, 6.07) is 7.72. The maximum Gasteiger partial charge on any atom is 0.191 e. The molecule has 126 valence electrons. The summed E-state index contributed by atoms with van der Waals surface area (Å²) in [4.78, 5) is 5.45. The minimum atomic E-state index is -0.948. The molecule has 2 rings (SSSR count). The Morgan fingerprint density at radius 1 is 1.30 bits per heavy atom. The quantitative estimate of drug-likeness (QED) is 0.512. The van der Waals surface area contributed by atoms with Gasteiger partial charge in [0.05, 0.1) is 12.8 Å². The van der Waals surface area contributed by atoms with Crippen LogP contribution in [-0.2, 0) is 12.0 Å². The molecule has 2 aromatic rings. The molecule has 0 aliphatic rings. The zero-order chi connectivity index (χ0) is 16.5. The summed E-state index contributed by atoms with van der Waals surface area (Å²) in [6.45, 7) is 5.78. The van der Waals surface area contributed by atoms with Crippen LogP contribution >= 0.6 is 11.3 Å². The second kappa shape index (κ2) is 8.74. The van der Waals surface area contributed by atoms with E-state index in [0.717, 1.165) is 42.5 Å². The molecule has 6 heteroatoms. The maximum atomic E-state index is 10.6. The number of rotatable bonds is 8. The van der Waals surface area contributed by atoms with Gasteiger partial charge in [0.1, 0.15) is 11.4 Å². The topological polar surface area (TPSA) is 69.8 Å². The lowest BCUT2D eigenvalue weighted by Crippen LogP contribution is -2.40. The highest BCUT2D eigenvalue weighted by molar-refractivity contribution is 7.10. The van der Waals surface area contributed by atoms with Gasteiger partial charge in [0, 0.05) is 24.4 Å². The third-order valence-corrected chi connectivity index (χ3v) is 4.51. The monoisotopic (exact) mass is 335 g/mol. The maximum absolute atomic E-state index is 10.6. The van der Waals surface area contributed by atoms with Gasteiger partial charge in [-0.1, -0.05) is 13.0 Å². The van der Waals surface area contributed by atoms with E-state index in [9.17, 15) is 5.11 Å². The molecule has 0 aromatic carbocycles. The van der Waals surface area contributed by atoms with E-state index in [1.807, 2.05) is 29.6 Å². The van der Waals surface area contributed by atoms with Gasteiger partial charge in [-0.3, -0.25) is 0 Å². The number of nitrogens with zero attached hydrogens (tertiary/aromatic N) is 1. The first kappa shape index (κ1) is 17.6. The smallest absolute Gasteiger partial charge is 0.191 e. The Morgan fingerprint density at radius 2 is 2.13 bits per heavy atom. The molecule has 0 bridgehead atoms. The van der Waals surface area contributed by atoms with Crippen LogP contribution < -0.4 is 10.6 Å². The molecule has 0 saturated heterocycles. The second-order valence-corrected chi connectivity index (χ2v) is 6.55. The lowest BCUT2D eigenvalue weighted by Gasteiger charge is -2.20. The van der Waals surface area contributed by atoms with Crippen molar-refractivity contribution in [3.63, 3.8) is 0 Å². The summed E-state index contributed by atoms with van der Waals surface area (Å²) in [5, 5.41) is 19.1. The average Bonchev–Trinajstić information content (AvgIpc) is 3.22. The first-order chi connectivity index (χ1) is 11.1. The van der Waals surface area contributed by atoms with E-state index in [0.29, 0.717) is 6.54 Å². The van der Waals surface area contributed by atoms with Crippen molar-refractivity contribution in [2.75, 3.05) is 19.6 Å². The van der Waals surface area contributed by atoms with Crippen LogP contribution in [0.3, 0.4) is 0 Å². The Bertz CT molecular complexity index is 577. The van der Waals surface area contributed by atoms with Crippen molar-refractivity contribution in [3.8, 4) is 0 Å². The highest BCUT2D eigenvalue weighted by atomic mass is 32.1. The molecular weight excluding hydrogens is 310 g/mol. The van der Waals surface area contributed by atoms with Gasteiger partial charge in [-0.25, -0.2) is 4.99 Å². The van der Waals surface area contributed by atoms with Gasteiger partial charge in [-0.05, 0) is 36.9 Å². The van der Waals surface area contributed by atoms with E-state index < -0.39 is 5.60 Å². The van der Waals surface area contributed by atoms with Crippen molar-refractivity contribution in [2.45, 2.75) is 32.3 Å². The fraction of sp³-hybridized carbons (Fsp3) is 0.471. The lowest BCUT2D eigenvalue weighted by molar-refractivity contribution is 0.0711. The highest BCUT2D eigenvalue weighted by Gasteiger charge is 2.23. The van der Waals surface area contributed by atoms with Crippen LogP contribution in [0.1, 0.15) is 30.9 Å². The van der Waals surface area contributed by atoms with E-state index in [4.69, 9.17) is 4.42 Å². The molecule has 0 radical (unpaired) electrons. The van der Waals surface area contributed by atoms with Crippen LogP contribution in [0.25, 0.3) is 0 Å². The molecule has 0 spiro atoms. The fourth-order valence-electron chi connectivity index (χ4n) is 2.07. The molecule has 0 fully saturated rings. The van der Waals surface area contributed by atoms with Crippen molar-refractivity contribution >= 4 is 17.3 Å². The largest absolute Gasteiger partial charge is 0.469 e. The molecule has 0 aliphatic heterocycles. The molecule has 0 aliphatic carbocycles. The first-order valence-electron chi connectivity index (χ1n) is 7.93. The van der Waals surface area contributed by atoms with E-state index in [1.54, 1.807) is 24.5 Å². The molecule has 3 N–H and O–H groups in total. The molecular formula is C17H25N3O2S. The Labute approximate surface area is 141 Å². The van der Waals surface area contributed by atoms with Gasteiger partial charge in [-0.15, -0.1) is 11.3 Å². The van der Waals surface area contributed by atoms with Crippen LogP contribution in [0.15, 0.2) is 45.3 Å². The van der Waals surface area contributed by atoms with Gasteiger partial charge < -0.3 is 20.2 Å². The van der Waals surface area contributed by atoms with E-state index in [1.165, 1.54) is 0 Å². The number of aliphatic hydroxyl groups is 1. The van der Waals surface area contributed by atoms with E-state index in [-0.39, 0.29) is 0 Å². The van der Waals surface area contributed by atoms with Gasteiger partial charge in [-0.2, -0.15) is 0 Å². The predicted octanol–water partition coefficient (Wildman–Crippen LogP) is 2.74. The third-order valence-electron chi connectivity index (χ3n) is 3.38. The first-order valence-corrected chi connectivity index (χ1v) is 8.80.